The molecule has 3 aromatic rings. The van der Waals surface area contributed by atoms with E-state index in [4.69, 9.17) is 9.47 Å². The Kier molecular flexibility index (Phi) is 5.09. The molecule has 0 bridgehead atoms. The lowest BCUT2D eigenvalue weighted by molar-refractivity contribution is -0.123. The van der Waals surface area contributed by atoms with Gasteiger partial charge in [0.15, 0.2) is 18.1 Å². The Bertz CT molecular complexity index is 951. The number of rotatable bonds is 6. The van der Waals surface area contributed by atoms with Gasteiger partial charge in [0.25, 0.3) is 5.91 Å². The first-order valence-corrected chi connectivity index (χ1v) is 10.2. The number of para-hydroxylation sites is 1. The molecule has 1 N–H and O–H groups in total. The topological polar surface area (TPSA) is 47.6 Å². The molecule has 1 unspecified atom stereocenters. The van der Waals surface area contributed by atoms with Crippen LogP contribution in [0.1, 0.15) is 35.9 Å². The Balaban J connectivity index is 1.45. The number of carbonyl (C=O) groups excluding carboxylic acids is 1. The summed E-state index contributed by atoms with van der Waals surface area (Å²) in [5, 5.41) is 5.11. The number of hydrogen-bond acceptors (Lipinski definition) is 4. The zero-order valence-corrected chi connectivity index (χ0v) is 16.8. The van der Waals surface area contributed by atoms with Gasteiger partial charge >= 0.3 is 0 Å². The van der Waals surface area contributed by atoms with Crippen LogP contribution in [0.2, 0.25) is 0 Å². The molecule has 1 atom stereocenters. The number of carbonyl (C=O) groups is 1. The van der Waals surface area contributed by atoms with Crippen LogP contribution in [-0.4, -0.2) is 18.1 Å². The van der Waals surface area contributed by atoms with E-state index < -0.39 is 0 Å². The van der Waals surface area contributed by atoms with Crippen molar-refractivity contribution >= 4 is 17.2 Å². The first-order valence-electron chi connectivity index (χ1n) is 9.33. The summed E-state index contributed by atoms with van der Waals surface area (Å²) in [5.74, 6) is 1.20. The van der Waals surface area contributed by atoms with Crippen LogP contribution >= 0.6 is 11.3 Å². The van der Waals surface area contributed by atoms with E-state index in [-0.39, 0.29) is 24.2 Å². The van der Waals surface area contributed by atoms with Crippen molar-refractivity contribution < 1.29 is 14.3 Å². The van der Waals surface area contributed by atoms with E-state index in [1.807, 2.05) is 66.0 Å². The quantitative estimate of drug-likeness (QED) is 0.658. The molecule has 4 rings (SSSR count). The van der Waals surface area contributed by atoms with E-state index >= 15 is 0 Å². The van der Waals surface area contributed by atoms with E-state index in [0.29, 0.717) is 5.75 Å². The Hall–Kier alpha value is -2.79. The van der Waals surface area contributed by atoms with E-state index in [0.717, 1.165) is 28.2 Å². The molecule has 0 radical (unpaired) electrons. The summed E-state index contributed by atoms with van der Waals surface area (Å²) in [6.45, 7) is 4.04. The number of thiophene rings is 1. The fraction of sp³-hybridized carbons (Fsp3) is 0.261. The van der Waals surface area contributed by atoms with Gasteiger partial charge in [0.05, 0.1) is 6.04 Å². The van der Waals surface area contributed by atoms with Gasteiger partial charge in [-0.15, -0.1) is 11.3 Å². The molecule has 1 amide bonds. The SMILES string of the molecule is CC1(C)Cc2cccc(OCC(=O)NC(c3ccccc3)c3cccs3)c2O1. The molecule has 1 aliphatic rings. The summed E-state index contributed by atoms with van der Waals surface area (Å²) in [4.78, 5) is 13.7. The van der Waals surface area contributed by atoms with Gasteiger partial charge in [0.1, 0.15) is 5.60 Å². The smallest absolute Gasteiger partial charge is 0.258 e. The van der Waals surface area contributed by atoms with E-state index in [2.05, 4.69) is 19.2 Å². The lowest BCUT2D eigenvalue weighted by Crippen LogP contribution is -2.33. The number of fused-ring (bicyclic) bond motifs is 1. The van der Waals surface area contributed by atoms with Crippen molar-refractivity contribution in [3.05, 3.63) is 82.0 Å². The predicted molar refractivity (Wildman–Crippen MR) is 111 cm³/mol. The second-order valence-corrected chi connectivity index (χ2v) is 8.48. The number of amides is 1. The maximum absolute atomic E-state index is 12.7. The molecule has 28 heavy (non-hydrogen) atoms. The summed E-state index contributed by atoms with van der Waals surface area (Å²) in [6.07, 6.45) is 0.834. The predicted octanol–water partition coefficient (Wildman–Crippen LogP) is 4.75. The zero-order chi connectivity index (χ0) is 19.6. The molecule has 2 heterocycles. The van der Waals surface area contributed by atoms with Gasteiger partial charge in [0, 0.05) is 16.9 Å². The van der Waals surface area contributed by atoms with E-state index in [9.17, 15) is 4.79 Å². The highest BCUT2D eigenvalue weighted by Crippen LogP contribution is 2.41. The van der Waals surface area contributed by atoms with Crippen molar-refractivity contribution in [3.63, 3.8) is 0 Å². The van der Waals surface area contributed by atoms with E-state index in [1.54, 1.807) is 11.3 Å². The van der Waals surface area contributed by atoms with Crippen LogP contribution in [0.25, 0.3) is 0 Å². The van der Waals surface area contributed by atoms with E-state index in [1.165, 1.54) is 0 Å². The average Bonchev–Trinajstić information content (AvgIpc) is 3.31. The molecule has 4 nitrogen and oxygen atoms in total. The third kappa shape index (κ3) is 4.04. The summed E-state index contributed by atoms with van der Waals surface area (Å²) < 4.78 is 11.8. The second kappa shape index (κ2) is 7.68. The Labute approximate surface area is 169 Å². The maximum Gasteiger partial charge on any atom is 0.258 e. The monoisotopic (exact) mass is 393 g/mol. The molecule has 0 fully saturated rings. The van der Waals surface area contributed by atoms with Gasteiger partial charge in [-0.2, -0.15) is 0 Å². The highest BCUT2D eigenvalue weighted by molar-refractivity contribution is 7.10. The van der Waals surface area contributed by atoms with Gasteiger partial charge in [-0.1, -0.05) is 48.5 Å². The van der Waals surface area contributed by atoms with Crippen molar-refractivity contribution in [2.75, 3.05) is 6.61 Å². The van der Waals surface area contributed by atoms with Crippen LogP contribution in [-0.2, 0) is 11.2 Å². The summed E-state index contributed by atoms with van der Waals surface area (Å²) >= 11 is 1.62. The highest BCUT2D eigenvalue weighted by atomic mass is 32.1. The molecule has 0 aliphatic carbocycles. The summed E-state index contributed by atoms with van der Waals surface area (Å²) in [7, 11) is 0. The molecule has 0 spiro atoms. The Morgan fingerprint density at radius 3 is 2.71 bits per heavy atom. The van der Waals surface area contributed by atoms with Crippen LogP contribution in [0.3, 0.4) is 0 Å². The summed E-state index contributed by atoms with van der Waals surface area (Å²) in [6, 6.07) is 19.6. The third-order valence-electron chi connectivity index (χ3n) is 4.68. The van der Waals surface area contributed by atoms with Gasteiger partial charge in [-0.25, -0.2) is 0 Å². The molecule has 144 valence electrons. The molecule has 0 saturated heterocycles. The van der Waals surface area contributed by atoms with Crippen LogP contribution in [0.15, 0.2) is 66.0 Å². The van der Waals surface area contributed by atoms with Gasteiger partial charge < -0.3 is 14.8 Å². The maximum atomic E-state index is 12.7. The fourth-order valence-corrected chi connectivity index (χ4v) is 4.27. The van der Waals surface area contributed by atoms with Crippen LogP contribution in [0.4, 0.5) is 0 Å². The van der Waals surface area contributed by atoms with Crippen molar-refractivity contribution in [3.8, 4) is 11.5 Å². The second-order valence-electron chi connectivity index (χ2n) is 7.50. The molecular formula is C23H23NO3S. The largest absolute Gasteiger partial charge is 0.483 e. The molecule has 2 aromatic carbocycles. The third-order valence-corrected chi connectivity index (χ3v) is 5.62. The van der Waals surface area contributed by atoms with Gasteiger partial charge in [-0.05, 0) is 36.9 Å². The highest BCUT2D eigenvalue weighted by Gasteiger charge is 2.32. The number of benzene rings is 2. The summed E-state index contributed by atoms with van der Waals surface area (Å²) in [5.41, 5.74) is 1.91. The molecule has 0 saturated carbocycles. The molecule has 5 heteroatoms. The zero-order valence-electron chi connectivity index (χ0n) is 16.0. The van der Waals surface area contributed by atoms with Gasteiger partial charge in [0.2, 0.25) is 0 Å². The number of hydrogen-bond donors (Lipinski definition) is 1. The Morgan fingerprint density at radius 1 is 1.14 bits per heavy atom. The standard InChI is InChI=1S/C23H23NO3S/c1-23(2)14-17-10-6-11-18(22(17)27-23)26-15-20(25)24-21(19-12-7-13-28-19)16-8-4-3-5-9-16/h3-13,21H,14-15H2,1-2H3,(H,24,25). The fourth-order valence-electron chi connectivity index (χ4n) is 3.47. The van der Waals surface area contributed by atoms with Crippen LogP contribution < -0.4 is 14.8 Å². The average molecular weight is 394 g/mol. The Morgan fingerprint density at radius 2 is 1.96 bits per heavy atom. The van der Waals surface area contributed by atoms with Crippen molar-refractivity contribution in [2.45, 2.75) is 31.9 Å². The normalized spacial score (nSPS) is 15.4. The first kappa shape index (κ1) is 18.6. The molecule has 1 aromatic heterocycles. The van der Waals surface area contributed by atoms with Gasteiger partial charge in [-0.3, -0.25) is 4.79 Å². The number of ether oxygens (including phenoxy) is 2. The van der Waals surface area contributed by atoms with Crippen LogP contribution in [0.5, 0.6) is 11.5 Å². The van der Waals surface area contributed by atoms with Crippen molar-refractivity contribution in [1.82, 2.24) is 5.32 Å². The molecule has 1 aliphatic heterocycles. The minimum absolute atomic E-state index is 0.0606. The first-order chi connectivity index (χ1) is 13.5. The number of nitrogens with one attached hydrogen (secondary N) is 1. The minimum Gasteiger partial charge on any atom is -0.483 e. The lowest BCUT2D eigenvalue weighted by atomic mass is 10.0. The van der Waals surface area contributed by atoms with Crippen LogP contribution in [0, 0.1) is 0 Å². The van der Waals surface area contributed by atoms with Crippen molar-refractivity contribution in [2.24, 2.45) is 0 Å². The van der Waals surface area contributed by atoms with Crippen molar-refractivity contribution in [1.29, 1.82) is 0 Å². The lowest BCUT2D eigenvalue weighted by Gasteiger charge is -2.19. The molecular weight excluding hydrogens is 370 g/mol. The minimum atomic E-state index is -0.248.